The van der Waals surface area contributed by atoms with Gasteiger partial charge in [-0.2, -0.15) is 5.10 Å². The number of nitrogens with one attached hydrogen (secondary N) is 2. The van der Waals surface area contributed by atoms with E-state index in [9.17, 15) is 9.18 Å². The largest absolute Gasteiger partial charge is 0.382 e. The van der Waals surface area contributed by atoms with E-state index in [2.05, 4.69) is 20.6 Å². The number of morpholine rings is 1. The minimum Gasteiger partial charge on any atom is -0.382 e. The van der Waals surface area contributed by atoms with Crippen molar-refractivity contribution in [1.29, 1.82) is 0 Å². The number of halogens is 1. The normalized spacial score (nSPS) is 14.4. The lowest BCUT2D eigenvalue weighted by Gasteiger charge is -2.26. The first-order valence-corrected chi connectivity index (χ1v) is 10.2. The van der Waals surface area contributed by atoms with Gasteiger partial charge in [-0.05, 0) is 24.3 Å². The number of benzene rings is 2. The number of hydrogen-bond donors (Lipinski definition) is 3. The minimum atomic E-state index is -0.365. The summed E-state index contributed by atoms with van der Waals surface area (Å²) in [5.74, 6) is -0.0930. The van der Waals surface area contributed by atoms with Gasteiger partial charge in [0.2, 0.25) is 0 Å². The number of nitrogens with two attached hydrogens (primary N) is 1. The molecule has 0 atom stereocenters. The topological polar surface area (TPSA) is 97.4 Å². The Morgan fingerprint density at radius 1 is 1.10 bits per heavy atom. The average molecular weight is 424 g/mol. The molecule has 0 radical (unpaired) electrons. The molecule has 1 aliphatic heterocycles. The highest BCUT2D eigenvalue weighted by Crippen LogP contribution is 2.34. The summed E-state index contributed by atoms with van der Waals surface area (Å²) in [6.45, 7) is 4.39. The Morgan fingerprint density at radius 3 is 2.52 bits per heavy atom. The molecule has 0 saturated carbocycles. The third-order valence-electron chi connectivity index (χ3n) is 5.10. The van der Waals surface area contributed by atoms with Gasteiger partial charge in [-0.25, -0.2) is 13.9 Å². The number of hydrogen-bond acceptors (Lipinski definition) is 5. The van der Waals surface area contributed by atoms with Crippen LogP contribution in [0, 0.1) is 5.82 Å². The van der Waals surface area contributed by atoms with E-state index in [0.717, 1.165) is 25.2 Å². The van der Waals surface area contributed by atoms with E-state index in [0.29, 0.717) is 36.8 Å². The van der Waals surface area contributed by atoms with Gasteiger partial charge in [0.05, 0.1) is 18.9 Å². The SMILES string of the molecule is Nc1c(NC(=O)NCCN2CCOCC2)c(-c2ccccc2)nn1-c1ccc(F)cc1. The summed E-state index contributed by atoms with van der Waals surface area (Å²) < 4.78 is 20.2. The summed E-state index contributed by atoms with van der Waals surface area (Å²) >= 11 is 0. The van der Waals surface area contributed by atoms with Crippen LogP contribution >= 0.6 is 0 Å². The van der Waals surface area contributed by atoms with E-state index >= 15 is 0 Å². The van der Waals surface area contributed by atoms with E-state index < -0.39 is 0 Å². The number of anilines is 2. The summed E-state index contributed by atoms with van der Waals surface area (Å²) in [6.07, 6.45) is 0. The molecule has 2 heterocycles. The molecular formula is C22H25FN6O2. The Bertz CT molecular complexity index is 1020. The Hall–Kier alpha value is -3.43. The van der Waals surface area contributed by atoms with Crippen LogP contribution in [-0.4, -0.2) is 60.1 Å². The molecule has 4 N–H and O–H groups in total. The number of ether oxygens (including phenoxy) is 1. The second-order valence-corrected chi connectivity index (χ2v) is 7.20. The summed E-state index contributed by atoms with van der Waals surface area (Å²) in [7, 11) is 0. The van der Waals surface area contributed by atoms with E-state index in [1.807, 2.05) is 30.3 Å². The quantitative estimate of drug-likeness (QED) is 0.565. The molecule has 31 heavy (non-hydrogen) atoms. The molecule has 1 fully saturated rings. The fraction of sp³-hybridized carbons (Fsp3) is 0.273. The molecule has 0 aliphatic carbocycles. The summed E-state index contributed by atoms with van der Waals surface area (Å²) in [4.78, 5) is 14.8. The number of carbonyl (C=O) groups is 1. The Kier molecular flexibility index (Phi) is 6.44. The zero-order chi connectivity index (χ0) is 21.6. The minimum absolute atomic E-state index is 0.258. The highest BCUT2D eigenvalue weighted by atomic mass is 19.1. The molecule has 2 amide bonds. The molecule has 0 spiro atoms. The molecule has 9 heteroatoms. The van der Waals surface area contributed by atoms with Gasteiger partial charge in [0.15, 0.2) is 5.82 Å². The number of carbonyl (C=O) groups excluding carboxylic acids is 1. The first kappa shape index (κ1) is 20.8. The van der Waals surface area contributed by atoms with Gasteiger partial charge in [0, 0.05) is 31.7 Å². The Morgan fingerprint density at radius 2 is 1.81 bits per heavy atom. The van der Waals surface area contributed by atoms with Crippen LogP contribution < -0.4 is 16.4 Å². The lowest BCUT2D eigenvalue weighted by Crippen LogP contribution is -2.42. The first-order valence-electron chi connectivity index (χ1n) is 10.2. The average Bonchev–Trinajstić information content (AvgIpc) is 3.12. The van der Waals surface area contributed by atoms with Crippen molar-refractivity contribution in [3.05, 3.63) is 60.4 Å². The monoisotopic (exact) mass is 424 g/mol. The van der Waals surface area contributed by atoms with Crippen LogP contribution in [0.3, 0.4) is 0 Å². The fourth-order valence-corrected chi connectivity index (χ4v) is 3.44. The molecule has 2 aromatic carbocycles. The van der Waals surface area contributed by atoms with E-state index in [1.54, 1.807) is 12.1 Å². The maximum Gasteiger partial charge on any atom is 0.319 e. The van der Waals surface area contributed by atoms with Crippen molar-refractivity contribution in [2.75, 3.05) is 50.4 Å². The molecule has 4 rings (SSSR count). The van der Waals surface area contributed by atoms with Crippen molar-refractivity contribution < 1.29 is 13.9 Å². The van der Waals surface area contributed by atoms with Crippen LogP contribution in [0.5, 0.6) is 0 Å². The third-order valence-corrected chi connectivity index (χ3v) is 5.10. The standard InChI is InChI=1S/C22H25FN6O2/c23-17-6-8-18(9-7-17)29-21(24)20(19(27-29)16-4-2-1-3-5-16)26-22(30)25-10-11-28-12-14-31-15-13-28/h1-9H,10-15,24H2,(H2,25,26,30). The maximum absolute atomic E-state index is 13.3. The number of rotatable bonds is 6. The lowest BCUT2D eigenvalue weighted by atomic mass is 10.1. The number of nitrogens with zero attached hydrogens (tertiary/aromatic N) is 3. The molecule has 0 bridgehead atoms. The molecule has 8 nitrogen and oxygen atoms in total. The molecule has 1 aromatic heterocycles. The number of urea groups is 1. The van der Waals surface area contributed by atoms with Gasteiger partial charge < -0.3 is 21.1 Å². The van der Waals surface area contributed by atoms with Crippen molar-refractivity contribution in [1.82, 2.24) is 20.0 Å². The van der Waals surface area contributed by atoms with Crippen LogP contribution in [0.2, 0.25) is 0 Å². The second-order valence-electron chi connectivity index (χ2n) is 7.20. The molecule has 162 valence electrons. The smallest absolute Gasteiger partial charge is 0.319 e. The highest BCUT2D eigenvalue weighted by Gasteiger charge is 2.20. The molecule has 1 aliphatic rings. The van der Waals surface area contributed by atoms with Gasteiger partial charge in [-0.15, -0.1) is 0 Å². The fourth-order valence-electron chi connectivity index (χ4n) is 3.44. The van der Waals surface area contributed by atoms with E-state index in [-0.39, 0.29) is 17.7 Å². The summed E-state index contributed by atoms with van der Waals surface area (Å²) in [5.41, 5.74) is 8.68. The van der Waals surface area contributed by atoms with Crippen molar-refractivity contribution in [3.63, 3.8) is 0 Å². The zero-order valence-electron chi connectivity index (χ0n) is 17.1. The second kappa shape index (κ2) is 9.59. The van der Waals surface area contributed by atoms with Gasteiger partial charge in [0.1, 0.15) is 17.2 Å². The first-order chi connectivity index (χ1) is 15.1. The van der Waals surface area contributed by atoms with Gasteiger partial charge in [-0.1, -0.05) is 30.3 Å². The summed E-state index contributed by atoms with van der Waals surface area (Å²) in [6, 6.07) is 14.9. The van der Waals surface area contributed by atoms with Gasteiger partial charge in [-0.3, -0.25) is 4.90 Å². The predicted octanol–water partition coefficient (Wildman–Crippen LogP) is 2.71. The van der Waals surface area contributed by atoms with Crippen LogP contribution in [0.4, 0.5) is 20.7 Å². The van der Waals surface area contributed by atoms with E-state index in [4.69, 9.17) is 10.5 Å². The Labute approximate surface area is 179 Å². The Balaban J connectivity index is 1.53. The number of amides is 2. The molecule has 3 aromatic rings. The molecular weight excluding hydrogens is 399 g/mol. The lowest BCUT2D eigenvalue weighted by molar-refractivity contribution is 0.0388. The van der Waals surface area contributed by atoms with E-state index in [1.165, 1.54) is 16.8 Å². The third kappa shape index (κ3) is 5.01. The van der Waals surface area contributed by atoms with Crippen LogP contribution in [0.25, 0.3) is 16.9 Å². The van der Waals surface area contributed by atoms with Crippen molar-refractivity contribution in [3.8, 4) is 16.9 Å². The van der Waals surface area contributed by atoms with Crippen molar-refractivity contribution in [2.45, 2.75) is 0 Å². The van der Waals surface area contributed by atoms with Crippen LogP contribution in [0.1, 0.15) is 0 Å². The zero-order valence-corrected chi connectivity index (χ0v) is 17.1. The van der Waals surface area contributed by atoms with Crippen LogP contribution in [0.15, 0.2) is 54.6 Å². The van der Waals surface area contributed by atoms with Crippen LogP contribution in [-0.2, 0) is 4.74 Å². The highest BCUT2D eigenvalue weighted by molar-refractivity contribution is 5.97. The van der Waals surface area contributed by atoms with Gasteiger partial charge in [0.25, 0.3) is 0 Å². The number of nitrogen functional groups attached to an aromatic ring is 1. The predicted molar refractivity (Wildman–Crippen MR) is 118 cm³/mol. The van der Waals surface area contributed by atoms with Gasteiger partial charge >= 0.3 is 6.03 Å². The maximum atomic E-state index is 13.3. The molecule has 1 saturated heterocycles. The van der Waals surface area contributed by atoms with Crippen molar-refractivity contribution >= 4 is 17.5 Å². The summed E-state index contributed by atoms with van der Waals surface area (Å²) in [5, 5.41) is 10.3. The number of aromatic nitrogens is 2. The van der Waals surface area contributed by atoms with Crippen molar-refractivity contribution in [2.24, 2.45) is 0 Å². The molecule has 0 unspecified atom stereocenters.